The quantitative estimate of drug-likeness (QED) is 0.510. The van der Waals surface area contributed by atoms with E-state index >= 15 is 0 Å². The Balaban J connectivity index is 1.23. The van der Waals surface area contributed by atoms with Crippen LogP contribution in [0.15, 0.2) is 52.1 Å². The molecule has 0 saturated heterocycles. The van der Waals surface area contributed by atoms with Crippen molar-refractivity contribution in [3.05, 3.63) is 42.5 Å². The number of esters is 1. The van der Waals surface area contributed by atoms with E-state index in [9.17, 15) is 9.59 Å². The van der Waals surface area contributed by atoms with Gasteiger partial charge in [0.15, 0.2) is 23.7 Å². The summed E-state index contributed by atoms with van der Waals surface area (Å²) in [5.74, 6) is 0.178. The number of hydrogen-bond donors (Lipinski definition) is 1. The standard InChI is InChI=1S/C18H14N2O6S/c21-16(19-11-5-6-14-15(7-11)25-10-24-14)8-23-17(22)9-27-18-20-12-3-1-2-4-13(12)26-18/h1-7H,8-10H2,(H,19,21). The normalized spacial score (nSPS) is 12.1. The van der Waals surface area contributed by atoms with Gasteiger partial charge in [0.1, 0.15) is 11.3 Å². The fraction of sp³-hybridized carbons (Fsp3) is 0.167. The molecule has 0 bridgehead atoms. The Kier molecular flexibility index (Phi) is 4.84. The van der Waals surface area contributed by atoms with Crippen molar-refractivity contribution in [2.24, 2.45) is 0 Å². The summed E-state index contributed by atoms with van der Waals surface area (Å²) >= 11 is 1.11. The Morgan fingerprint density at radius 3 is 2.89 bits per heavy atom. The zero-order valence-electron chi connectivity index (χ0n) is 14.0. The van der Waals surface area contributed by atoms with E-state index in [0.717, 1.165) is 17.3 Å². The van der Waals surface area contributed by atoms with Gasteiger partial charge in [-0.15, -0.1) is 0 Å². The summed E-state index contributed by atoms with van der Waals surface area (Å²) in [5.41, 5.74) is 1.90. The summed E-state index contributed by atoms with van der Waals surface area (Å²) in [4.78, 5) is 28.0. The van der Waals surface area contributed by atoms with Crippen LogP contribution in [-0.2, 0) is 14.3 Å². The summed E-state index contributed by atoms with van der Waals surface area (Å²) in [6.07, 6.45) is 0. The van der Waals surface area contributed by atoms with Crippen LogP contribution in [0.4, 0.5) is 5.69 Å². The highest BCUT2D eigenvalue weighted by molar-refractivity contribution is 7.99. The Bertz CT molecular complexity index is 969. The highest BCUT2D eigenvalue weighted by Gasteiger charge is 2.15. The Morgan fingerprint density at radius 1 is 1.15 bits per heavy atom. The third-order valence-electron chi connectivity index (χ3n) is 3.61. The highest BCUT2D eigenvalue weighted by atomic mass is 32.2. The number of ether oxygens (including phenoxy) is 3. The predicted molar refractivity (Wildman–Crippen MR) is 96.9 cm³/mol. The van der Waals surface area contributed by atoms with Crippen molar-refractivity contribution in [1.29, 1.82) is 0 Å². The first-order valence-electron chi connectivity index (χ1n) is 8.01. The summed E-state index contributed by atoms with van der Waals surface area (Å²) in [6.45, 7) is -0.233. The molecule has 1 amide bonds. The number of aromatic nitrogens is 1. The zero-order chi connectivity index (χ0) is 18.6. The fourth-order valence-corrected chi connectivity index (χ4v) is 3.03. The van der Waals surface area contributed by atoms with Gasteiger partial charge >= 0.3 is 5.97 Å². The molecule has 2 aromatic carbocycles. The minimum absolute atomic E-state index is 0.00980. The molecular weight excluding hydrogens is 372 g/mol. The molecule has 4 rings (SSSR count). The van der Waals surface area contributed by atoms with Crippen LogP contribution in [-0.4, -0.2) is 36.0 Å². The van der Waals surface area contributed by atoms with Gasteiger partial charge in [0.25, 0.3) is 11.1 Å². The molecule has 0 radical (unpaired) electrons. The lowest BCUT2D eigenvalue weighted by molar-refractivity contribution is -0.144. The molecule has 2 heterocycles. The largest absolute Gasteiger partial charge is 0.455 e. The third kappa shape index (κ3) is 4.14. The predicted octanol–water partition coefficient (Wildman–Crippen LogP) is 2.83. The number of hydrogen-bond acceptors (Lipinski definition) is 8. The number of anilines is 1. The van der Waals surface area contributed by atoms with Crippen LogP contribution in [0.2, 0.25) is 0 Å². The number of carbonyl (C=O) groups excluding carboxylic acids is 2. The number of amides is 1. The van der Waals surface area contributed by atoms with Gasteiger partial charge in [-0.05, 0) is 24.3 Å². The van der Waals surface area contributed by atoms with Crippen LogP contribution in [0, 0.1) is 0 Å². The van der Waals surface area contributed by atoms with Crippen molar-refractivity contribution < 1.29 is 28.2 Å². The topological polar surface area (TPSA) is 99.9 Å². The molecule has 0 unspecified atom stereocenters. The SMILES string of the molecule is O=C(COC(=O)CSc1nc2ccccc2o1)Nc1ccc2c(c1)OCO2. The molecule has 1 aliphatic heterocycles. The summed E-state index contributed by atoms with van der Waals surface area (Å²) in [7, 11) is 0. The van der Waals surface area contributed by atoms with E-state index in [1.807, 2.05) is 18.2 Å². The maximum absolute atomic E-state index is 11.9. The van der Waals surface area contributed by atoms with E-state index in [-0.39, 0.29) is 19.2 Å². The van der Waals surface area contributed by atoms with Crippen LogP contribution < -0.4 is 14.8 Å². The second-order valence-corrected chi connectivity index (χ2v) is 6.44. The zero-order valence-corrected chi connectivity index (χ0v) is 14.8. The summed E-state index contributed by atoms with van der Waals surface area (Å²) in [5, 5.41) is 3.00. The maximum Gasteiger partial charge on any atom is 0.316 e. The van der Waals surface area contributed by atoms with Crippen molar-refractivity contribution in [3.8, 4) is 11.5 Å². The minimum atomic E-state index is -0.539. The number of benzene rings is 2. The second kappa shape index (κ2) is 7.58. The van der Waals surface area contributed by atoms with E-state index in [4.69, 9.17) is 18.6 Å². The van der Waals surface area contributed by atoms with Crippen molar-refractivity contribution in [1.82, 2.24) is 4.98 Å². The number of rotatable bonds is 6. The van der Waals surface area contributed by atoms with Gasteiger partial charge in [-0.3, -0.25) is 9.59 Å². The monoisotopic (exact) mass is 386 g/mol. The lowest BCUT2D eigenvalue weighted by atomic mass is 10.3. The molecule has 0 saturated carbocycles. The molecule has 1 aromatic heterocycles. The lowest BCUT2D eigenvalue weighted by Crippen LogP contribution is -2.21. The first-order valence-corrected chi connectivity index (χ1v) is 8.99. The summed E-state index contributed by atoms with van der Waals surface area (Å²) < 4.78 is 20.9. The molecule has 0 aliphatic carbocycles. The van der Waals surface area contributed by atoms with Crippen LogP contribution in [0.3, 0.4) is 0 Å². The molecular formula is C18H14N2O6S. The number of thioether (sulfide) groups is 1. The van der Waals surface area contributed by atoms with Gasteiger partial charge < -0.3 is 23.9 Å². The molecule has 0 spiro atoms. The number of nitrogens with zero attached hydrogens (tertiary/aromatic N) is 1. The average Bonchev–Trinajstić information content (AvgIpc) is 3.30. The van der Waals surface area contributed by atoms with Crippen LogP contribution in [0.25, 0.3) is 11.1 Å². The van der Waals surface area contributed by atoms with Crippen LogP contribution in [0.1, 0.15) is 0 Å². The van der Waals surface area contributed by atoms with Crippen molar-refractivity contribution in [2.75, 3.05) is 24.5 Å². The lowest BCUT2D eigenvalue weighted by Gasteiger charge is -2.07. The highest BCUT2D eigenvalue weighted by Crippen LogP contribution is 2.34. The van der Waals surface area contributed by atoms with Crippen LogP contribution in [0.5, 0.6) is 11.5 Å². The number of oxazole rings is 1. The van der Waals surface area contributed by atoms with Crippen molar-refractivity contribution >= 4 is 40.4 Å². The van der Waals surface area contributed by atoms with Gasteiger partial charge in [-0.2, -0.15) is 0 Å². The smallest absolute Gasteiger partial charge is 0.316 e. The number of carbonyl (C=O) groups is 2. The molecule has 138 valence electrons. The average molecular weight is 386 g/mol. The third-order valence-corrected chi connectivity index (χ3v) is 4.41. The number of para-hydroxylation sites is 2. The minimum Gasteiger partial charge on any atom is -0.455 e. The van der Waals surface area contributed by atoms with Gasteiger partial charge in [0.2, 0.25) is 6.79 Å². The van der Waals surface area contributed by atoms with E-state index in [2.05, 4.69) is 10.3 Å². The van der Waals surface area contributed by atoms with E-state index in [1.54, 1.807) is 24.3 Å². The fourth-order valence-electron chi connectivity index (χ4n) is 2.39. The Hall–Kier alpha value is -3.20. The van der Waals surface area contributed by atoms with Crippen molar-refractivity contribution in [3.63, 3.8) is 0 Å². The molecule has 3 aromatic rings. The van der Waals surface area contributed by atoms with Gasteiger partial charge in [0.05, 0.1) is 0 Å². The first kappa shape index (κ1) is 17.2. The molecule has 9 heteroatoms. The van der Waals surface area contributed by atoms with Crippen molar-refractivity contribution in [2.45, 2.75) is 5.22 Å². The Morgan fingerprint density at radius 2 is 2.00 bits per heavy atom. The van der Waals surface area contributed by atoms with Gasteiger partial charge in [-0.25, -0.2) is 4.98 Å². The van der Waals surface area contributed by atoms with E-state index in [1.165, 1.54) is 0 Å². The van der Waals surface area contributed by atoms with Gasteiger partial charge in [-0.1, -0.05) is 23.9 Å². The molecule has 1 N–H and O–H groups in total. The number of nitrogens with one attached hydrogen (secondary N) is 1. The van der Waals surface area contributed by atoms with Crippen LogP contribution >= 0.6 is 11.8 Å². The molecule has 0 atom stereocenters. The second-order valence-electron chi connectivity index (χ2n) is 5.51. The molecule has 27 heavy (non-hydrogen) atoms. The maximum atomic E-state index is 11.9. The van der Waals surface area contributed by atoms with E-state index in [0.29, 0.717) is 28.0 Å². The Labute approximate surface area is 157 Å². The first-order chi connectivity index (χ1) is 13.2. The van der Waals surface area contributed by atoms with Gasteiger partial charge in [0, 0.05) is 11.8 Å². The number of fused-ring (bicyclic) bond motifs is 2. The molecule has 0 fully saturated rings. The summed E-state index contributed by atoms with van der Waals surface area (Å²) in [6, 6.07) is 12.3. The van der Waals surface area contributed by atoms with E-state index < -0.39 is 11.9 Å². The molecule has 8 nitrogen and oxygen atoms in total. The molecule has 1 aliphatic rings.